The third kappa shape index (κ3) is 4.69. The van der Waals surface area contributed by atoms with E-state index in [4.69, 9.17) is 4.74 Å². The molecular weight excluding hydrogens is 290 g/mol. The number of carbonyl (C=O) groups is 1. The number of aliphatic hydroxyl groups excluding tert-OH is 1. The van der Waals surface area contributed by atoms with Gasteiger partial charge in [0.15, 0.2) is 0 Å². The van der Waals surface area contributed by atoms with Crippen molar-refractivity contribution in [1.29, 1.82) is 0 Å². The Balaban J connectivity index is 2.08. The van der Waals surface area contributed by atoms with E-state index in [2.05, 4.69) is 5.32 Å². The molecule has 4 heteroatoms. The number of amides is 1. The van der Waals surface area contributed by atoms with Crippen molar-refractivity contribution in [2.45, 2.75) is 13.0 Å². The molecule has 1 unspecified atom stereocenters. The fourth-order valence-corrected chi connectivity index (χ4v) is 2.29. The SMILES string of the molecule is COc1ccc(C)cc1/C=C/C(=O)NC(CO)c1ccccc1. The van der Waals surface area contributed by atoms with Gasteiger partial charge in [-0.3, -0.25) is 4.79 Å². The normalized spacial score (nSPS) is 12.1. The molecule has 0 aliphatic heterocycles. The van der Waals surface area contributed by atoms with Gasteiger partial charge in [-0.1, -0.05) is 42.0 Å². The first-order valence-electron chi connectivity index (χ1n) is 7.43. The van der Waals surface area contributed by atoms with Crippen LogP contribution in [0.5, 0.6) is 5.75 Å². The van der Waals surface area contributed by atoms with Crippen LogP contribution in [-0.4, -0.2) is 24.7 Å². The van der Waals surface area contributed by atoms with E-state index >= 15 is 0 Å². The number of aryl methyl sites for hydroxylation is 1. The number of carbonyl (C=O) groups excluding carboxylic acids is 1. The second kappa shape index (κ2) is 8.15. The van der Waals surface area contributed by atoms with Crippen LogP contribution in [0.3, 0.4) is 0 Å². The summed E-state index contributed by atoms with van der Waals surface area (Å²) < 4.78 is 5.28. The van der Waals surface area contributed by atoms with Gasteiger partial charge in [0.25, 0.3) is 0 Å². The van der Waals surface area contributed by atoms with E-state index in [9.17, 15) is 9.90 Å². The number of nitrogens with one attached hydrogen (secondary N) is 1. The topological polar surface area (TPSA) is 58.6 Å². The van der Waals surface area contributed by atoms with Crippen LogP contribution in [0, 0.1) is 6.92 Å². The molecule has 0 heterocycles. The summed E-state index contributed by atoms with van der Waals surface area (Å²) in [5.74, 6) is 0.442. The third-order valence-corrected chi connectivity index (χ3v) is 3.50. The zero-order valence-corrected chi connectivity index (χ0v) is 13.3. The molecule has 1 atom stereocenters. The van der Waals surface area contributed by atoms with Gasteiger partial charge in [-0.2, -0.15) is 0 Å². The predicted molar refractivity (Wildman–Crippen MR) is 91.2 cm³/mol. The average Bonchev–Trinajstić information content (AvgIpc) is 2.58. The molecular formula is C19H21NO3. The van der Waals surface area contributed by atoms with Gasteiger partial charge in [-0.15, -0.1) is 0 Å². The van der Waals surface area contributed by atoms with Crippen LogP contribution in [0.2, 0.25) is 0 Å². The largest absolute Gasteiger partial charge is 0.496 e. The molecule has 0 bridgehead atoms. The first-order chi connectivity index (χ1) is 11.1. The van der Waals surface area contributed by atoms with Crippen LogP contribution in [-0.2, 0) is 4.79 Å². The van der Waals surface area contributed by atoms with Gasteiger partial charge >= 0.3 is 0 Å². The molecule has 120 valence electrons. The highest BCUT2D eigenvalue weighted by Crippen LogP contribution is 2.21. The van der Waals surface area contributed by atoms with Crippen molar-refractivity contribution in [3.8, 4) is 5.75 Å². The van der Waals surface area contributed by atoms with Gasteiger partial charge in [-0.25, -0.2) is 0 Å². The summed E-state index contributed by atoms with van der Waals surface area (Å²) in [6.45, 7) is 1.82. The average molecular weight is 311 g/mol. The van der Waals surface area contributed by atoms with Crippen molar-refractivity contribution in [1.82, 2.24) is 5.32 Å². The first kappa shape index (κ1) is 16.8. The number of hydrogen-bond donors (Lipinski definition) is 2. The molecule has 1 amide bonds. The van der Waals surface area contributed by atoms with Crippen LogP contribution >= 0.6 is 0 Å². The molecule has 23 heavy (non-hydrogen) atoms. The van der Waals surface area contributed by atoms with E-state index < -0.39 is 6.04 Å². The molecule has 0 aromatic heterocycles. The summed E-state index contributed by atoms with van der Waals surface area (Å²) in [6, 6.07) is 14.7. The van der Waals surface area contributed by atoms with Gasteiger partial charge in [0.05, 0.1) is 19.8 Å². The van der Waals surface area contributed by atoms with Crippen molar-refractivity contribution in [3.63, 3.8) is 0 Å². The van der Waals surface area contributed by atoms with Gasteiger partial charge in [0, 0.05) is 11.6 Å². The number of ether oxygens (including phenoxy) is 1. The van der Waals surface area contributed by atoms with Crippen LogP contribution in [0.4, 0.5) is 0 Å². The van der Waals surface area contributed by atoms with Crippen LogP contribution < -0.4 is 10.1 Å². The summed E-state index contributed by atoms with van der Waals surface area (Å²) in [5, 5.41) is 12.3. The Kier molecular flexibility index (Phi) is 5.94. The number of benzene rings is 2. The Morgan fingerprint density at radius 3 is 2.65 bits per heavy atom. The van der Waals surface area contributed by atoms with E-state index in [1.165, 1.54) is 6.08 Å². The second-order valence-electron chi connectivity index (χ2n) is 5.23. The molecule has 0 aliphatic carbocycles. The molecule has 0 radical (unpaired) electrons. The Hall–Kier alpha value is -2.59. The summed E-state index contributed by atoms with van der Waals surface area (Å²) >= 11 is 0. The minimum atomic E-state index is -0.423. The summed E-state index contributed by atoms with van der Waals surface area (Å²) in [4.78, 5) is 12.1. The highest BCUT2D eigenvalue weighted by molar-refractivity contribution is 5.92. The fraction of sp³-hybridized carbons (Fsp3) is 0.211. The van der Waals surface area contributed by atoms with Crippen molar-refractivity contribution < 1.29 is 14.6 Å². The maximum absolute atomic E-state index is 12.1. The Morgan fingerprint density at radius 2 is 2.00 bits per heavy atom. The molecule has 2 aromatic rings. The molecule has 0 saturated carbocycles. The minimum absolute atomic E-state index is 0.155. The quantitative estimate of drug-likeness (QED) is 0.807. The zero-order chi connectivity index (χ0) is 16.7. The molecule has 0 aliphatic rings. The van der Waals surface area contributed by atoms with Crippen LogP contribution in [0.15, 0.2) is 54.6 Å². The van der Waals surface area contributed by atoms with E-state index in [-0.39, 0.29) is 12.5 Å². The fourth-order valence-electron chi connectivity index (χ4n) is 2.29. The first-order valence-corrected chi connectivity index (χ1v) is 7.43. The Morgan fingerprint density at radius 1 is 1.26 bits per heavy atom. The number of rotatable bonds is 6. The smallest absolute Gasteiger partial charge is 0.244 e. The van der Waals surface area contributed by atoms with E-state index in [1.54, 1.807) is 13.2 Å². The van der Waals surface area contributed by atoms with Crippen molar-refractivity contribution in [2.75, 3.05) is 13.7 Å². The Labute approximate surface area is 136 Å². The highest BCUT2D eigenvalue weighted by Gasteiger charge is 2.11. The second-order valence-corrected chi connectivity index (χ2v) is 5.23. The standard InChI is InChI=1S/C19H21NO3/c1-14-8-10-18(23-2)16(12-14)9-11-19(22)20-17(13-21)15-6-4-3-5-7-15/h3-12,17,21H,13H2,1-2H3,(H,20,22)/b11-9+. The lowest BCUT2D eigenvalue weighted by Crippen LogP contribution is -2.29. The molecule has 0 fully saturated rings. The molecule has 2 N–H and O–H groups in total. The maximum Gasteiger partial charge on any atom is 0.244 e. The highest BCUT2D eigenvalue weighted by atomic mass is 16.5. The summed E-state index contributed by atoms with van der Waals surface area (Å²) in [5.41, 5.74) is 2.79. The van der Waals surface area contributed by atoms with Crippen LogP contribution in [0.25, 0.3) is 6.08 Å². The van der Waals surface area contributed by atoms with Crippen molar-refractivity contribution in [3.05, 3.63) is 71.3 Å². The van der Waals surface area contributed by atoms with E-state index in [1.807, 2.05) is 55.5 Å². The molecule has 2 rings (SSSR count). The van der Waals surface area contributed by atoms with Gasteiger partial charge in [-0.05, 0) is 30.7 Å². The Bertz CT molecular complexity index is 680. The van der Waals surface area contributed by atoms with E-state index in [0.29, 0.717) is 5.75 Å². The van der Waals surface area contributed by atoms with Crippen molar-refractivity contribution in [2.24, 2.45) is 0 Å². The maximum atomic E-state index is 12.1. The third-order valence-electron chi connectivity index (χ3n) is 3.50. The minimum Gasteiger partial charge on any atom is -0.496 e. The zero-order valence-electron chi connectivity index (χ0n) is 13.3. The lowest BCUT2D eigenvalue weighted by atomic mass is 10.1. The number of aliphatic hydroxyl groups is 1. The van der Waals surface area contributed by atoms with Gasteiger partial charge < -0.3 is 15.2 Å². The molecule has 4 nitrogen and oxygen atoms in total. The summed E-state index contributed by atoms with van der Waals surface area (Å²) in [6.07, 6.45) is 3.16. The van der Waals surface area contributed by atoms with Gasteiger partial charge in [0.2, 0.25) is 5.91 Å². The monoisotopic (exact) mass is 311 g/mol. The predicted octanol–water partition coefficient (Wildman–Crippen LogP) is 2.87. The summed E-state index contributed by atoms with van der Waals surface area (Å²) in [7, 11) is 1.60. The van der Waals surface area contributed by atoms with Gasteiger partial charge in [0.1, 0.15) is 5.75 Å². The lowest BCUT2D eigenvalue weighted by Gasteiger charge is -2.15. The number of methoxy groups -OCH3 is 1. The number of hydrogen-bond acceptors (Lipinski definition) is 3. The molecule has 2 aromatic carbocycles. The van der Waals surface area contributed by atoms with E-state index in [0.717, 1.165) is 16.7 Å². The lowest BCUT2D eigenvalue weighted by molar-refractivity contribution is -0.117. The molecule has 0 saturated heterocycles. The van der Waals surface area contributed by atoms with Crippen LogP contribution in [0.1, 0.15) is 22.7 Å². The molecule has 0 spiro atoms. The van der Waals surface area contributed by atoms with Crippen molar-refractivity contribution >= 4 is 12.0 Å².